The van der Waals surface area contributed by atoms with Gasteiger partial charge in [-0.05, 0) is 26.3 Å². The smallest absolute Gasteiger partial charge is 0.241 e. The fourth-order valence-electron chi connectivity index (χ4n) is 1.88. The third kappa shape index (κ3) is 3.48. The van der Waals surface area contributed by atoms with Gasteiger partial charge in [-0.3, -0.25) is 9.59 Å². The van der Waals surface area contributed by atoms with Crippen molar-refractivity contribution in [3.63, 3.8) is 0 Å². The second kappa shape index (κ2) is 6.48. The molecule has 16 heavy (non-hydrogen) atoms. The highest BCUT2D eigenvalue weighted by Gasteiger charge is 2.19. The Morgan fingerprint density at radius 2 is 1.94 bits per heavy atom. The lowest BCUT2D eigenvalue weighted by atomic mass is 10.2. The first-order valence-corrected chi connectivity index (χ1v) is 5.91. The molecule has 0 aromatic heterocycles. The van der Waals surface area contributed by atoms with Crippen LogP contribution in [0.1, 0.15) is 26.2 Å². The molecule has 2 N–H and O–H groups in total. The first-order valence-electron chi connectivity index (χ1n) is 5.91. The van der Waals surface area contributed by atoms with Gasteiger partial charge >= 0.3 is 0 Å². The molecule has 1 fully saturated rings. The first kappa shape index (κ1) is 13.0. The van der Waals surface area contributed by atoms with Crippen LogP contribution in [0.2, 0.25) is 0 Å². The number of hydrogen-bond donors (Lipinski definition) is 2. The molecule has 0 spiro atoms. The molecule has 0 aromatic carbocycles. The predicted molar refractivity (Wildman–Crippen MR) is 62.0 cm³/mol. The number of likely N-dealkylation sites (N-methyl/N-ethyl adjacent to an activating group) is 1. The van der Waals surface area contributed by atoms with E-state index < -0.39 is 0 Å². The normalized spacial score (nSPS) is 17.2. The Kier molecular flexibility index (Phi) is 5.25. The zero-order valence-electron chi connectivity index (χ0n) is 10.1. The average molecular weight is 227 g/mol. The van der Waals surface area contributed by atoms with Crippen LogP contribution in [-0.4, -0.2) is 49.4 Å². The molecule has 1 aliphatic heterocycles. The zero-order chi connectivity index (χ0) is 12.0. The molecule has 1 heterocycles. The molecule has 1 unspecified atom stereocenters. The largest absolute Gasteiger partial charge is 0.346 e. The maximum atomic E-state index is 11.6. The van der Waals surface area contributed by atoms with E-state index in [4.69, 9.17) is 0 Å². The highest BCUT2D eigenvalue weighted by molar-refractivity contribution is 5.87. The van der Waals surface area contributed by atoms with Crippen LogP contribution in [0.15, 0.2) is 0 Å². The minimum Gasteiger partial charge on any atom is -0.346 e. The Morgan fingerprint density at radius 1 is 1.31 bits per heavy atom. The molecule has 1 rings (SSSR count). The fraction of sp³-hybridized carbons (Fsp3) is 0.818. The monoisotopic (exact) mass is 227 g/mol. The number of carbonyl (C=O) groups excluding carboxylic acids is 2. The van der Waals surface area contributed by atoms with Crippen molar-refractivity contribution >= 4 is 11.8 Å². The van der Waals surface area contributed by atoms with Crippen molar-refractivity contribution < 1.29 is 9.59 Å². The van der Waals surface area contributed by atoms with Crippen molar-refractivity contribution in [1.29, 1.82) is 0 Å². The highest BCUT2D eigenvalue weighted by atomic mass is 16.2. The van der Waals surface area contributed by atoms with Crippen LogP contribution in [0.25, 0.3) is 0 Å². The average Bonchev–Trinajstić information content (AvgIpc) is 2.81. The summed E-state index contributed by atoms with van der Waals surface area (Å²) in [6, 6.07) is -0.202. The van der Waals surface area contributed by atoms with Gasteiger partial charge in [0, 0.05) is 13.1 Å². The molecule has 0 bridgehead atoms. The van der Waals surface area contributed by atoms with Crippen molar-refractivity contribution in [3.8, 4) is 0 Å². The van der Waals surface area contributed by atoms with Crippen molar-refractivity contribution in [1.82, 2.24) is 15.5 Å². The summed E-state index contributed by atoms with van der Waals surface area (Å²) in [7, 11) is 1.75. The number of amides is 2. The van der Waals surface area contributed by atoms with E-state index in [0.717, 1.165) is 32.4 Å². The van der Waals surface area contributed by atoms with Gasteiger partial charge in [-0.1, -0.05) is 6.92 Å². The minimum absolute atomic E-state index is 0.0248. The molecule has 5 heteroatoms. The van der Waals surface area contributed by atoms with E-state index in [-0.39, 0.29) is 24.4 Å². The zero-order valence-corrected chi connectivity index (χ0v) is 10.1. The molecule has 1 atom stereocenters. The Labute approximate surface area is 96.6 Å². The van der Waals surface area contributed by atoms with Crippen molar-refractivity contribution in [3.05, 3.63) is 0 Å². The van der Waals surface area contributed by atoms with Crippen LogP contribution in [0, 0.1) is 0 Å². The fourth-order valence-corrected chi connectivity index (χ4v) is 1.88. The second-order valence-corrected chi connectivity index (χ2v) is 4.06. The van der Waals surface area contributed by atoms with E-state index >= 15 is 0 Å². The summed E-state index contributed by atoms with van der Waals surface area (Å²) in [6.07, 6.45) is 2.88. The van der Waals surface area contributed by atoms with Gasteiger partial charge in [0.2, 0.25) is 11.8 Å². The number of nitrogens with one attached hydrogen (secondary N) is 2. The highest BCUT2D eigenvalue weighted by Crippen LogP contribution is 2.06. The van der Waals surface area contributed by atoms with Gasteiger partial charge < -0.3 is 15.5 Å². The van der Waals surface area contributed by atoms with Gasteiger partial charge in [-0.25, -0.2) is 0 Å². The number of nitrogens with zero attached hydrogens (tertiary/aromatic N) is 1. The van der Waals surface area contributed by atoms with Crippen molar-refractivity contribution in [2.24, 2.45) is 0 Å². The summed E-state index contributed by atoms with van der Waals surface area (Å²) in [5.41, 5.74) is 0. The van der Waals surface area contributed by atoms with E-state index in [1.165, 1.54) is 0 Å². The lowest BCUT2D eigenvalue weighted by molar-refractivity contribution is -0.132. The lowest BCUT2D eigenvalue weighted by Gasteiger charge is -2.17. The Hall–Kier alpha value is -1.10. The maximum absolute atomic E-state index is 11.6. The summed E-state index contributed by atoms with van der Waals surface area (Å²) in [4.78, 5) is 25.0. The van der Waals surface area contributed by atoms with E-state index in [2.05, 4.69) is 10.6 Å². The molecule has 5 nitrogen and oxygen atoms in total. The van der Waals surface area contributed by atoms with Crippen LogP contribution in [0.3, 0.4) is 0 Å². The van der Waals surface area contributed by atoms with Crippen LogP contribution >= 0.6 is 0 Å². The lowest BCUT2D eigenvalue weighted by Crippen LogP contribution is -2.46. The third-order valence-electron chi connectivity index (χ3n) is 2.95. The third-order valence-corrected chi connectivity index (χ3v) is 2.95. The first-order chi connectivity index (χ1) is 7.69. The number of carbonyl (C=O) groups is 2. The van der Waals surface area contributed by atoms with Crippen LogP contribution in [-0.2, 0) is 9.59 Å². The molecule has 2 amide bonds. The van der Waals surface area contributed by atoms with Crippen LogP contribution in [0.5, 0.6) is 0 Å². The number of hydrogen-bond acceptors (Lipinski definition) is 3. The van der Waals surface area contributed by atoms with Gasteiger partial charge in [-0.15, -0.1) is 0 Å². The summed E-state index contributed by atoms with van der Waals surface area (Å²) < 4.78 is 0. The summed E-state index contributed by atoms with van der Waals surface area (Å²) >= 11 is 0. The molecule has 0 saturated carbocycles. The topological polar surface area (TPSA) is 61.4 Å². The number of likely N-dealkylation sites (tertiary alicyclic amines) is 1. The Morgan fingerprint density at radius 3 is 2.44 bits per heavy atom. The SMILES string of the molecule is CCC(NC)C(=O)NCC(=O)N1CCCC1. The van der Waals surface area contributed by atoms with E-state index in [1.807, 2.05) is 6.92 Å². The predicted octanol–water partition coefficient (Wildman–Crippen LogP) is -0.277. The standard InChI is InChI=1S/C11H21N3O2/c1-3-9(12-2)11(16)13-8-10(15)14-6-4-5-7-14/h9,12H,3-8H2,1-2H3,(H,13,16). The number of rotatable bonds is 5. The Balaban J connectivity index is 2.27. The van der Waals surface area contributed by atoms with Gasteiger partial charge in [0.15, 0.2) is 0 Å². The molecular weight excluding hydrogens is 206 g/mol. The molecule has 1 aliphatic rings. The molecule has 92 valence electrons. The van der Waals surface area contributed by atoms with Crippen molar-refractivity contribution in [2.75, 3.05) is 26.7 Å². The minimum atomic E-state index is -0.202. The van der Waals surface area contributed by atoms with Gasteiger partial charge in [0.05, 0.1) is 12.6 Å². The molecule has 0 radical (unpaired) electrons. The van der Waals surface area contributed by atoms with E-state index in [9.17, 15) is 9.59 Å². The summed E-state index contributed by atoms with van der Waals surface area (Å²) in [5.74, 6) is -0.0747. The second-order valence-electron chi connectivity index (χ2n) is 4.06. The van der Waals surface area contributed by atoms with Gasteiger partial charge in [-0.2, -0.15) is 0 Å². The van der Waals surface area contributed by atoms with Gasteiger partial charge in [0.25, 0.3) is 0 Å². The van der Waals surface area contributed by atoms with Crippen LogP contribution in [0.4, 0.5) is 0 Å². The van der Waals surface area contributed by atoms with E-state index in [0.29, 0.717) is 0 Å². The van der Waals surface area contributed by atoms with E-state index in [1.54, 1.807) is 11.9 Å². The summed E-state index contributed by atoms with van der Waals surface area (Å²) in [5, 5.41) is 5.58. The molecule has 0 aromatic rings. The Bertz CT molecular complexity index is 232. The van der Waals surface area contributed by atoms with Crippen molar-refractivity contribution in [2.45, 2.75) is 32.2 Å². The molecule has 1 saturated heterocycles. The maximum Gasteiger partial charge on any atom is 0.241 e. The molecule has 0 aliphatic carbocycles. The summed E-state index contributed by atoms with van der Waals surface area (Å²) in [6.45, 7) is 3.72. The van der Waals surface area contributed by atoms with Crippen LogP contribution < -0.4 is 10.6 Å². The van der Waals surface area contributed by atoms with Gasteiger partial charge in [0.1, 0.15) is 0 Å². The molecular formula is C11H21N3O2. The quantitative estimate of drug-likeness (QED) is 0.679.